The van der Waals surface area contributed by atoms with Crippen LogP contribution in [0.5, 0.6) is 0 Å². The number of anilines is 1. The van der Waals surface area contributed by atoms with Crippen LogP contribution in [0.1, 0.15) is 11.4 Å². The smallest absolute Gasteiger partial charge is 0.263 e. The molecule has 0 amide bonds. The van der Waals surface area contributed by atoms with Crippen molar-refractivity contribution in [2.75, 3.05) is 25.1 Å². The first-order valence-electron chi connectivity index (χ1n) is 7.00. The number of rotatable bonds is 3. The van der Waals surface area contributed by atoms with Crippen LogP contribution in [0.4, 0.5) is 5.82 Å². The van der Waals surface area contributed by atoms with Crippen molar-refractivity contribution in [1.82, 2.24) is 24.9 Å². The molecular weight excluding hydrogens is 284 g/mol. The van der Waals surface area contributed by atoms with Gasteiger partial charge in [-0.25, -0.2) is 4.98 Å². The SMILES string of the molecule is COC1(c2ccnn2C)CN(c2ncnc3onc(C)c23)C1. The van der Waals surface area contributed by atoms with Gasteiger partial charge in [0.2, 0.25) is 0 Å². The molecule has 0 spiro atoms. The quantitative estimate of drug-likeness (QED) is 0.714. The van der Waals surface area contributed by atoms with E-state index in [1.165, 1.54) is 6.33 Å². The number of fused-ring (bicyclic) bond motifs is 1. The van der Waals surface area contributed by atoms with Gasteiger partial charge < -0.3 is 14.2 Å². The van der Waals surface area contributed by atoms with Gasteiger partial charge in [-0.05, 0) is 13.0 Å². The van der Waals surface area contributed by atoms with Crippen molar-refractivity contribution in [1.29, 1.82) is 0 Å². The van der Waals surface area contributed by atoms with Crippen LogP contribution >= 0.6 is 0 Å². The van der Waals surface area contributed by atoms with Crippen molar-refractivity contribution in [3.63, 3.8) is 0 Å². The highest BCUT2D eigenvalue weighted by Gasteiger charge is 2.48. The molecule has 1 aliphatic heterocycles. The molecule has 1 saturated heterocycles. The van der Waals surface area contributed by atoms with Crippen LogP contribution < -0.4 is 4.90 Å². The molecule has 0 radical (unpaired) electrons. The number of hydrogen-bond donors (Lipinski definition) is 0. The molecule has 0 bridgehead atoms. The molecule has 0 unspecified atom stereocenters. The second kappa shape index (κ2) is 4.51. The molecule has 1 aliphatic rings. The highest BCUT2D eigenvalue weighted by molar-refractivity contribution is 5.88. The van der Waals surface area contributed by atoms with Crippen molar-refractivity contribution < 1.29 is 9.26 Å². The molecule has 3 aromatic rings. The number of nitrogens with zero attached hydrogens (tertiary/aromatic N) is 6. The summed E-state index contributed by atoms with van der Waals surface area (Å²) in [5.74, 6) is 0.832. The molecule has 4 heterocycles. The molecule has 0 saturated carbocycles. The summed E-state index contributed by atoms with van der Waals surface area (Å²) in [6, 6.07) is 1.99. The largest absolute Gasteiger partial charge is 0.368 e. The number of aromatic nitrogens is 5. The minimum absolute atomic E-state index is 0.367. The molecule has 4 rings (SSSR count). The summed E-state index contributed by atoms with van der Waals surface area (Å²) in [5, 5.41) is 9.06. The van der Waals surface area contributed by atoms with Crippen LogP contribution in [0.15, 0.2) is 23.1 Å². The summed E-state index contributed by atoms with van der Waals surface area (Å²) in [7, 11) is 3.65. The molecule has 8 nitrogen and oxygen atoms in total. The van der Waals surface area contributed by atoms with E-state index in [0.29, 0.717) is 18.8 Å². The normalized spacial score (nSPS) is 17.0. The summed E-state index contributed by atoms with van der Waals surface area (Å²) in [5.41, 5.74) is 1.99. The summed E-state index contributed by atoms with van der Waals surface area (Å²) in [4.78, 5) is 10.7. The van der Waals surface area contributed by atoms with Crippen molar-refractivity contribution in [3.05, 3.63) is 30.0 Å². The molecule has 0 aromatic carbocycles. The molecule has 1 fully saturated rings. The van der Waals surface area contributed by atoms with E-state index in [4.69, 9.17) is 9.26 Å². The van der Waals surface area contributed by atoms with E-state index in [1.807, 2.05) is 24.7 Å². The Bertz CT molecular complexity index is 833. The van der Waals surface area contributed by atoms with Gasteiger partial charge in [-0.1, -0.05) is 5.16 Å². The maximum Gasteiger partial charge on any atom is 0.263 e. The number of aryl methyl sites for hydroxylation is 2. The zero-order valence-corrected chi connectivity index (χ0v) is 12.6. The predicted octanol–water partition coefficient (Wildman–Crippen LogP) is 1.02. The zero-order chi connectivity index (χ0) is 15.3. The van der Waals surface area contributed by atoms with Crippen LogP contribution in [0, 0.1) is 6.92 Å². The molecule has 8 heteroatoms. The van der Waals surface area contributed by atoms with Gasteiger partial charge in [-0.2, -0.15) is 10.1 Å². The van der Waals surface area contributed by atoms with Crippen LogP contribution in [0.2, 0.25) is 0 Å². The Morgan fingerprint density at radius 3 is 2.82 bits per heavy atom. The lowest BCUT2D eigenvalue weighted by atomic mass is 9.89. The lowest BCUT2D eigenvalue weighted by molar-refractivity contribution is -0.0446. The van der Waals surface area contributed by atoms with Gasteiger partial charge >= 0.3 is 0 Å². The minimum atomic E-state index is -0.367. The summed E-state index contributed by atoms with van der Waals surface area (Å²) in [6.45, 7) is 3.28. The fraction of sp³-hybridized carbons (Fsp3) is 0.429. The molecule has 3 aromatic heterocycles. The van der Waals surface area contributed by atoms with E-state index < -0.39 is 0 Å². The zero-order valence-electron chi connectivity index (χ0n) is 12.6. The van der Waals surface area contributed by atoms with Gasteiger partial charge in [0.15, 0.2) is 0 Å². The van der Waals surface area contributed by atoms with E-state index in [-0.39, 0.29) is 5.60 Å². The van der Waals surface area contributed by atoms with Crippen LogP contribution in [0.25, 0.3) is 11.1 Å². The number of methoxy groups -OCH3 is 1. The number of ether oxygens (including phenoxy) is 1. The van der Waals surface area contributed by atoms with E-state index in [1.54, 1.807) is 13.3 Å². The Balaban J connectivity index is 1.70. The summed E-state index contributed by atoms with van der Waals surface area (Å²) >= 11 is 0. The van der Waals surface area contributed by atoms with Gasteiger partial charge in [0.25, 0.3) is 5.71 Å². The van der Waals surface area contributed by atoms with Gasteiger partial charge in [-0.3, -0.25) is 4.68 Å². The highest BCUT2D eigenvalue weighted by Crippen LogP contribution is 2.39. The minimum Gasteiger partial charge on any atom is -0.368 e. The molecule has 0 aliphatic carbocycles. The van der Waals surface area contributed by atoms with Gasteiger partial charge in [0, 0.05) is 20.4 Å². The summed E-state index contributed by atoms with van der Waals surface area (Å²) < 4.78 is 12.8. The summed E-state index contributed by atoms with van der Waals surface area (Å²) in [6.07, 6.45) is 3.28. The average Bonchev–Trinajstić information content (AvgIpc) is 3.07. The monoisotopic (exact) mass is 300 g/mol. The Labute approximate surface area is 126 Å². The van der Waals surface area contributed by atoms with Crippen molar-refractivity contribution >= 4 is 16.9 Å². The van der Waals surface area contributed by atoms with E-state index >= 15 is 0 Å². The fourth-order valence-electron chi connectivity index (χ4n) is 3.08. The van der Waals surface area contributed by atoms with E-state index in [9.17, 15) is 0 Å². The van der Waals surface area contributed by atoms with Gasteiger partial charge in [-0.15, -0.1) is 0 Å². The topological polar surface area (TPSA) is 82.1 Å². The third-order valence-corrected chi connectivity index (χ3v) is 4.29. The predicted molar refractivity (Wildman–Crippen MR) is 78.4 cm³/mol. The Hall–Kier alpha value is -2.48. The highest BCUT2D eigenvalue weighted by atomic mass is 16.5. The second-order valence-electron chi connectivity index (χ2n) is 5.54. The van der Waals surface area contributed by atoms with Gasteiger partial charge in [0.05, 0.1) is 24.5 Å². The Kier molecular flexibility index (Phi) is 2.70. The van der Waals surface area contributed by atoms with Crippen molar-refractivity contribution in [2.24, 2.45) is 7.05 Å². The molecule has 0 N–H and O–H groups in total. The lowest BCUT2D eigenvalue weighted by Crippen LogP contribution is -2.61. The molecule has 114 valence electrons. The Morgan fingerprint density at radius 1 is 1.32 bits per heavy atom. The van der Waals surface area contributed by atoms with E-state index in [0.717, 1.165) is 22.6 Å². The van der Waals surface area contributed by atoms with Gasteiger partial charge in [0.1, 0.15) is 23.1 Å². The third kappa shape index (κ3) is 1.67. The fourth-order valence-corrected chi connectivity index (χ4v) is 3.08. The van der Waals surface area contributed by atoms with Crippen molar-refractivity contribution in [2.45, 2.75) is 12.5 Å². The molecule has 0 atom stereocenters. The molecule has 22 heavy (non-hydrogen) atoms. The third-order valence-electron chi connectivity index (χ3n) is 4.29. The maximum absolute atomic E-state index is 5.79. The average molecular weight is 300 g/mol. The Morgan fingerprint density at radius 2 is 2.14 bits per heavy atom. The molecular formula is C14H16N6O2. The first-order chi connectivity index (χ1) is 10.6. The first-order valence-corrected chi connectivity index (χ1v) is 7.00. The second-order valence-corrected chi connectivity index (χ2v) is 5.54. The van der Waals surface area contributed by atoms with Crippen LogP contribution in [0.3, 0.4) is 0 Å². The first kappa shape index (κ1) is 13.2. The van der Waals surface area contributed by atoms with E-state index in [2.05, 4.69) is 25.1 Å². The standard InChI is InChI=1S/C14H16N6O2/c1-9-11-12(15-8-16-13(11)22-18-9)20-6-14(7-20,21-3)10-4-5-17-19(10)2/h4-5,8H,6-7H2,1-3H3. The number of hydrogen-bond acceptors (Lipinski definition) is 7. The van der Waals surface area contributed by atoms with Crippen molar-refractivity contribution in [3.8, 4) is 0 Å². The van der Waals surface area contributed by atoms with Crippen LogP contribution in [-0.2, 0) is 17.4 Å². The lowest BCUT2D eigenvalue weighted by Gasteiger charge is -2.49. The van der Waals surface area contributed by atoms with Crippen LogP contribution in [-0.4, -0.2) is 45.1 Å². The maximum atomic E-state index is 5.79.